The largest absolute Gasteiger partial charge is 0.507 e. The van der Waals surface area contributed by atoms with E-state index >= 15 is 0 Å². The van der Waals surface area contributed by atoms with Crippen molar-refractivity contribution >= 4 is 11.6 Å². The molecule has 2 heterocycles. The highest BCUT2D eigenvalue weighted by Gasteiger charge is 2.29. The van der Waals surface area contributed by atoms with E-state index < -0.39 is 0 Å². The van der Waals surface area contributed by atoms with Gasteiger partial charge in [-0.15, -0.1) is 0 Å². The first-order chi connectivity index (χ1) is 20.0. The van der Waals surface area contributed by atoms with Gasteiger partial charge in [-0.3, -0.25) is 9.48 Å². The van der Waals surface area contributed by atoms with Gasteiger partial charge in [-0.05, 0) is 98.6 Å². The van der Waals surface area contributed by atoms with Gasteiger partial charge < -0.3 is 19.9 Å². The molecule has 218 valence electrons. The molecule has 3 aliphatic rings. The van der Waals surface area contributed by atoms with Crippen LogP contribution in [0, 0.1) is 18.8 Å². The first-order valence-electron chi connectivity index (χ1n) is 15.4. The Kier molecular flexibility index (Phi) is 8.33. The number of benzene rings is 2. The third-order valence-electron chi connectivity index (χ3n) is 9.64. The Morgan fingerprint density at radius 3 is 2.54 bits per heavy atom. The lowest BCUT2D eigenvalue weighted by atomic mass is 9.75. The second-order valence-corrected chi connectivity index (χ2v) is 12.4. The van der Waals surface area contributed by atoms with Crippen molar-refractivity contribution in [2.24, 2.45) is 11.8 Å². The Balaban J connectivity index is 1.25. The van der Waals surface area contributed by atoms with Gasteiger partial charge in [0.15, 0.2) is 0 Å². The van der Waals surface area contributed by atoms with E-state index in [1.807, 2.05) is 23.1 Å². The number of hydrogen-bond acceptors (Lipinski definition) is 5. The quantitative estimate of drug-likeness (QED) is 0.287. The Bertz CT molecular complexity index is 1360. The smallest absolute Gasteiger partial charge is 0.227 e. The summed E-state index contributed by atoms with van der Waals surface area (Å²) in [4.78, 5) is 13.3. The van der Waals surface area contributed by atoms with Crippen molar-refractivity contribution in [2.75, 3.05) is 25.6 Å². The summed E-state index contributed by atoms with van der Waals surface area (Å²) >= 11 is 0. The van der Waals surface area contributed by atoms with Gasteiger partial charge in [-0.2, -0.15) is 5.10 Å². The normalized spacial score (nSPS) is 21.8. The fourth-order valence-corrected chi connectivity index (χ4v) is 7.07. The average Bonchev–Trinajstić information content (AvgIpc) is 3.43. The van der Waals surface area contributed by atoms with Gasteiger partial charge in [0.05, 0.1) is 32.6 Å². The Morgan fingerprint density at radius 1 is 1.07 bits per heavy atom. The fourth-order valence-electron chi connectivity index (χ4n) is 7.07. The Hall–Kier alpha value is -3.32. The van der Waals surface area contributed by atoms with E-state index in [0.717, 1.165) is 85.9 Å². The van der Waals surface area contributed by atoms with Crippen LogP contribution < -0.4 is 10.1 Å². The summed E-state index contributed by atoms with van der Waals surface area (Å²) in [5.74, 6) is 2.39. The Labute approximate surface area is 243 Å². The first kappa shape index (κ1) is 27.8. The van der Waals surface area contributed by atoms with Crippen molar-refractivity contribution in [3.05, 3.63) is 59.4 Å². The lowest BCUT2D eigenvalue weighted by molar-refractivity contribution is -0.120. The van der Waals surface area contributed by atoms with Crippen LogP contribution in [0.15, 0.2) is 42.7 Å². The summed E-state index contributed by atoms with van der Waals surface area (Å²) in [6, 6.07) is 10.4. The maximum atomic E-state index is 13.3. The lowest BCUT2D eigenvalue weighted by Crippen LogP contribution is -2.30. The highest BCUT2D eigenvalue weighted by atomic mass is 16.5. The zero-order valence-corrected chi connectivity index (χ0v) is 24.4. The molecule has 7 heteroatoms. The van der Waals surface area contributed by atoms with Gasteiger partial charge in [-0.25, -0.2) is 0 Å². The van der Waals surface area contributed by atoms with E-state index in [9.17, 15) is 9.90 Å². The third kappa shape index (κ3) is 6.01. The number of methoxy groups -OCH3 is 1. The minimum atomic E-state index is 0.0682. The third-order valence-corrected chi connectivity index (χ3v) is 9.64. The van der Waals surface area contributed by atoms with E-state index in [2.05, 4.69) is 35.5 Å². The number of aryl methyl sites for hydroxylation is 1. The minimum Gasteiger partial charge on any atom is -0.507 e. The van der Waals surface area contributed by atoms with Crippen molar-refractivity contribution < 1.29 is 19.4 Å². The van der Waals surface area contributed by atoms with Crippen LogP contribution in [-0.4, -0.2) is 41.1 Å². The van der Waals surface area contributed by atoms with Crippen molar-refractivity contribution in [3.8, 4) is 22.6 Å². The number of carbonyl (C=O) groups excluding carboxylic acids is 1. The van der Waals surface area contributed by atoms with Crippen molar-refractivity contribution in [3.63, 3.8) is 0 Å². The van der Waals surface area contributed by atoms with Crippen LogP contribution in [0.2, 0.25) is 0 Å². The standard InChI is InChI=1S/C34H43N3O4/c1-22-16-26(12-15-32(22)40-2)24-10-8-23(9-11-24)17-29-30(36-34(39)25-6-4-3-5-7-25)13-14-31(38)33(29)27-18-35-37(19-27)28-20-41-21-28/h12-16,18-19,23-25,28,38H,3-11,17,20-21H2,1-2H3,(H,36,39). The van der Waals surface area contributed by atoms with Gasteiger partial charge >= 0.3 is 0 Å². The SMILES string of the molecule is COc1ccc(C2CCC(Cc3c(NC(=O)C4CCCCC4)ccc(O)c3-c3cnn(C4COC4)c3)CC2)cc1C. The van der Waals surface area contributed by atoms with Crippen molar-refractivity contribution in [1.82, 2.24) is 9.78 Å². The van der Waals surface area contributed by atoms with Crippen molar-refractivity contribution in [2.45, 2.75) is 83.1 Å². The molecule has 0 spiro atoms. The molecule has 7 nitrogen and oxygen atoms in total. The van der Waals surface area contributed by atoms with Crippen LogP contribution in [0.25, 0.3) is 11.1 Å². The van der Waals surface area contributed by atoms with Crippen molar-refractivity contribution in [1.29, 1.82) is 0 Å². The van der Waals surface area contributed by atoms with Crippen LogP contribution in [0.5, 0.6) is 11.5 Å². The number of carbonyl (C=O) groups is 1. The molecular formula is C34H43N3O4. The topological polar surface area (TPSA) is 85.6 Å². The van der Waals surface area contributed by atoms with E-state index in [4.69, 9.17) is 9.47 Å². The maximum Gasteiger partial charge on any atom is 0.227 e. The van der Waals surface area contributed by atoms with Gasteiger partial charge in [0.25, 0.3) is 0 Å². The van der Waals surface area contributed by atoms with Gasteiger partial charge in [-0.1, -0.05) is 31.4 Å². The zero-order valence-electron chi connectivity index (χ0n) is 24.4. The summed E-state index contributed by atoms with van der Waals surface area (Å²) < 4.78 is 12.8. The fraction of sp³-hybridized carbons (Fsp3) is 0.529. The molecule has 1 aromatic heterocycles. The molecule has 1 aliphatic heterocycles. The molecule has 0 radical (unpaired) electrons. The number of aromatic nitrogens is 2. The molecular weight excluding hydrogens is 514 g/mol. The second-order valence-electron chi connectivity index (χ2n) is 12.4. The van der Waals surface area contributed by atoms with E-state index in [1.165, 1.54) is 17.5 Å². The molecule has 6 rings (SSSR count). The van der Waals surface area contributed by atoms with E-state index in [-0.39, 0.29) is 23.6 Å². The predicted molar refractivity (Wildman–Crippen MR) is 161 cm³/mol. The molecule has 3 fully saturated rings. The number of amides is 1. The number of hydrogen-bond donors (Lipinski definition) is 2. The molecule has 0 unspecified atom stereocenters. The first-order valence-corrected chi connectivity index (χ1v) is 15.4. The van der Waals surface area contributed by atoms with Gasteiger partial charge in [0, 0.05) is 28.9 Å². The zero-order chi connectivity index (χ0) is 28.3. The van der Waals surface area contributed by atoms with Crippen LogP contribution in [0.4, 0.5) is 5.69 Å². The summed E-state index contributed by atoms with van der Waals surface area (Å²) in [5.41, 5.74) is 6.13. The van der Waals surface area contributed by atoms with Gasteiger partial charge in [0.1, 0.15) is 11.5 Å². The molecule has 3 aromatic rings. The predicted octanol–water partition coefficient (Wildman–Crippen LogP) is 7.18. The van der Waals surface area contributed by atoms with Crippen LogP contribution in [0.3, 0.4) is 0 Å². The average molecular weight is 558 g/mol. The number of anilines is 1. The number of aromatic hydroxyl groups is 1. The summed E-state index contributed by atoms with van der Waals surface area (Å²) in [6.45, 7) is 3.43. The van der Waals surface area contributed by atoms with E-state index in [1.54, 1.807) is 13.2 Å². The number of ether oxygens (including phenoxy) is 2. The molecule has 2 saturated carbocycles. The summed E-state index contributed by atoms with van der Waals surface area (Å²) in [5, 5.41) is 19.1. The highest BCUT2D eigenvalue weighted by Crippen LogP contribution is 2.43. The molecule has 0 bridgehead atoms. The number of phenols is 1. The number of rotatable bonds is 8. The summed E-state index contributed by atoms with van der Waals surface area (Å²) in [7, 11) is 1.72. The molecule has 2 N–H and O–H groups in total. The molecule has 1 amide bonds. The highest BCUT2D eigenvalue weighted by molar-refractivity contribution is 5.95. The maximum absolute atomic E-state index is 13.3. The van der Waals surface area contributed by atoms with Crippen LogP contribution in [0.1, 0.15) is 86.4 Å². The Morgan fingerprint density at radius 2 is 1.85 bits per heavy atom. The second kappa shape index (κ2) is 12.3. The molecule has 2 aromatic carbocycles. The number of nitrogens with one attached hydrogen (secondary N) is 1. The molecule has 0 atom stereocenters. The van der Waals surface area contributed by atoms with Crippen LogP contribution >= 0.6 is 0 Å². The summed E-state index contributed by atoms with van der Waals surface area (Å²) in [6.07, 6.45) is 14.5. The number of nitrogens with zero attached hydrogens (tertiary/aromatic N) is 2. The lowest BCUT2D eigenvalue weighted by Gasteiger charge is -2.30. The monoisotopic (exact) mass is 557 g/mol. The molecule has 41 heavy (non-hydrogen) atoms. The minimum absolute atomic E-state index is 0.0682. The molecule has 1 saturated heterocycles. The van der Waals surface area contributed by atoms with E-state index in [0.29, 0.717) is 25.0 Å². The molecule has 2 aliphatic carbocycles. The number of phenolic OH excluding ortho intramolecular Hbond substituents is 1. The van der Waals surface area contributed by atoms with Gasteiger partial charge in [0.2, 0.25) is 5.91 Å². The van der Waals surface area contributed by atoms with Crippen LogP contribution in [-0.2, 0) is 16.0 Å².